The zero-order chi connectivity index (χ0) is 16.1. The molecule has 1 aliphatic carbocycles. The lowest BCUT2D eigenvalue weighted by Gasteiger charge is -2.36. The van der Waals surface area contributed by atoms with Crippen LogP contribution in [-0.4, -0.2) is 43.6 Å². The monoisotopic (exact) mass is 328 g/mol. The number of hydrogen-bond acceptors (Lipinski definition) is 5. The van der Waals surface area contributed by atoms with Gasteiger partial charge in [0.25, 0.3) is 10.0 Å². The van der Waals surface area contributed by atoms with Crippen LogP contribution in [0.1, 0.15) is 27.2 Å². The topological polar surface area (TPSA) is 88.9 Å². The number of ether oxygens (including phenoxy) is 1. The van der Waals surface area contributed by atoms with E-state index in [0.29, 0.717) is 6.54 Å². The summed E-state index contributed by atoms with van der Waals surface area (Å²) in [6.07, 6.45) is 1.72. The Bertz CT molecular complexity index is 662. The van der Waals surface area contributed by atoms with Gasteiger partial charge in [-0.25, -0.2) is 17.9 Å². The first-order chi connectivity index (χ1) is 10.2. The first-order valence-electron chi connectivity index (χ1n) is 7.23. The van der Waals surface area contributed by atoms with E-state index >= 15 is 0 Å². The van der Waals surface area contributed by atoms with Crippen LogP contribution in [0.4, 0.5) is 4.79 Å². The highest BCUT2D eigenvalue weighted by Gasteiger charge is 2.56. The fourth-order valence-electron chi connectivity index (χ4n) is 2.98. The van der Waals surface area contributed by atoms with E-state index in [1.54, 1.807) is 4.90 Å². The zero-order valence-electron chi connectivity index (χ0n) is 12.8. The molecule has 1 amide bonds. The van der Waals surface area contributed by atoms with Crippen molar-refractivity contribution < 1.29 is 22.4 Å². The van der Waals surface area contributed by atoms with Crippen molar-refractivity contribution in [2.75, 3.05) is 6.54 Å². The van der Waals surface area contributed by atoms with Gasteiger partial charge in [0.15, 0.2) is 0 Å². The lowest BCUT2D eigenvalue weighted by Crippen LogP contribution is -2.55. The van der Waals surface area contributed by atoms with Crippen LogP contribution in [-0.2, 0) is 14.8 Å². The molecule has 3 atom stereocenters. The smallest absolute Gasteiger partial charge is 0.410 e. The summed E-state index contributed by atoms with van der Waals surface area (Å²) in [6.45, 7) is 5.94. The number of carbonyl (C=O) groups excluding carboxylic acids is 1. The highest BCUT2D eigenvalue weighted by atomic mass is 32.2. The summed E-state index contributed by atoms with van der Waals surface area (Å²) in [4.78, 5) is 13.8. The molecule has 2 saturated heterocycles. The molecule has 4 rings (SSSR count). The fourth-order valence-corrected chi connectivity index (χ4v) is 4.24. The number of nitrogens with zero attached hydrogens (tertiary/aromatic N) is 1. The Hall–Kier alpha value is -1.54. The van der Waals surface area contributed by atoms with Gasteiger partial charge in [0.2, 0.25) is 5.09 Å². The van der Waals surface area contributed by atoms with Gasteiger partial charge in [-0.15, -0.1) is 0 Å². The predicted molar refractivity (Wildman–Crippen MR) is 77.7 cm³/mol. The number of fused-ring (bicyclic) bond motifs is 1. The molecule has 1 aromatic heterocycles. The quantitative estimate of drug-likeness (QED) is 0.909. The number of sulfonamides is 1. The summed E-state index contributed by atoms with van der Waals surface area (Å²) in [6, 6.07) is 2.50. The summed E-state index contributed by atoms with van der Waals surface area (Å²) in [7, 11) is -3.68. The minimum atomic E-state index is -3.68. The molecule has 8 heteroatoms. The van der Waals surface area contributed by atoms with E-state index in [4.69, 9.17) is 9.15 Å². The van der Waals surface area contributed by atoms with E-state index in [-0.39, 0.29) is 29.2 Å². The molecule has 0 radical (unpaired) electrons. The van der Waals surface area contributed by atoms with Crippen LogP contribution in [0.15, 0.2) is 27.9 Å². The lowest BCUT2D eigenvalue weighted by atomic mass is 9.81. The van der Waals surface area contributed by atoms with Crippen molar-refractivity contribution in [2.24, 2.45) is 5.92 Å². The van der Waals surface area contributed by atoms with Crippen molar-refractivity contribution >= 4 is 16.1 Å². The number of amides is 1. The van der Waals surface area contributed by atoms with Crippen molar-refractivity contribution in [1.82, 2.24) is 9.62 Å². The van der Waals surface area contributed by atoms with Gasteiger partial charge in [0.1, 0.15) is 5.60 Å². The van der Waals surface area contributed by atoms with Crippen LogP contribution in [0.2, 0.25) is 0 Å². The van der Waals surface area contributed by atoms with Gasteiger partial charge in [-0.3, -0.25) is 0 Å². The average Bonchev–Trinajstić information content (AvgIpc) is 3.07. The Kier molecular flexibility index (Phi) is 3.48. The van der Waals surface area contributed by atoms with E-state index in [9.17, 15) is 13.2 Å². The van der Waals surface area contributed by atoms with Gasteiger partial charge >= 0.3 is 6.09 Å². The van der Waals surface area contributed by atoms with Crippen LogP contribution in [0, 0.1) is 5.92 Å². The summed E-state index contributed by atoms with van der Waals surface area (Å²) >= 11 is 0. The third-order valence-electron chi connectivity index (χ3n) is 3.98. The number of rotatable bonds is 3. The van der Waals surface area contributed by atoms with Gasteiger partial charge < -0.3 is 14.1 Å². The summed E-state index contributed by atoms with van der Waals surface area (Å²) in [5.74, 6) is 0.127. The third kappa shape index (κ3) is 2.72. The second-order valence-corrected chi connectivity index (χ2v) is 8.42. The van der Waals surface area contributed by atoms with Crippen molar-refractivity contribution in [2.45, 2.75) is 50.0 Å². The second kappa shape index (κ2) is 4.99. The third-order valence-corrected chi connectivity index (χ3v) is 5.32. The lowest BCUT2D eigenvalue weighted by molar-refractivity contribution is 0.0230. The van der Waals surface area contributed by atoms with Crippen LogP contribution >= 0.6 is 0 Å². The number of hydrogen-bond donors (Lipinski definition) is 1. The molecule has 0 spiro atoms. The van der Waals surface area contributed by atoms with E-state index in [1.807, 2.05) is 20.8 Å². The summed E-state index contributed by atoms with van der Waals surface area (Å²) in [5.41, 5.74) is -0.562. The molecular weight excluding hydrogens is 308 g/mol. The molecule has 122 valence electrons. The summed E-state index contributed by atoms with van der Waals surface area (Å²) in [5, 5.41) is -0.109. The number of furan rings is 1. The fraction of sp³-hybridized carbons (Fsp3) is 0.643. The highest BCUT2D eigenvalue weighted by molar-refractivity contribution is 7.89. The maximum atomic E-state index is 12.2. The van der Waals surface area contributed by atoms with Gasteiger partial charge in [-0.05, 0) is 45.2 Å². The summed E-state index contributed by atoms with van der Waals surface area (Å²) < 4.78 is 37.3. The maximum absolute atomic E-state index is 12.2. The predicted octanol–water partition coefficient (Wildman–Crippen LogP) is 1.57. The number of carbonyl (C=O) groups is 1. The molecule has 1 N–H and O–H groups in total. The first-order valence-corrected chi connectivity index (χ1v) is 8.71. The Balaban J connectivity index is 1.67. The first kappa shape index (κ1) is 15.4. The molecular formula is C14H20N2O5S. The molecule has 2 aliphatic heterocycles. The molecule has 1 aromatic rings. The maximum Gasteiger partial charge on any atom is 0.410 e. The molecule has 2 bridgehead atoms. The van der Waals surface area contributed by atoms with Crippen molar-refractivity contribution in [3.63, 3.8) is 0 Å². The van der Waals surface area contributed by atoms with Crippen molar-refractivity contribution in [3.8, 4) is 0 Å². The van der Waals surface area contributed by atoms with Gasteiger partial charge in [0.05, 0.1) is 12.3 Å². The zero-order valence-corrected chi connectivity index (χ0v) is 13.6. The average molecular weight is 328 g/mol. The molecule has 7 nitrogen and oxygen atoms in total. The Morgan fingerprint density at radius 1 is 1.45 bits per heavy atom. The molecule has 3 heterocycles. The minimum absolute atomic E-state index is 0.109. The Morgan fingerprint density at radius 2 is 2.18 bits per heavy atom. The minimum Gasteiger partial charge on any atom is -0.452 e. The molecule has 0 aromatic carbocycles. The van der Waals surface area contributed by atoms with Crippen molar-refractivity contribution in [1.29, 1.82) is 0 Å². The Morgan fingerprint density at radius 3 is 2.77 bits per heavy atom. The molecule has 3 aliphatic rings. The van der Waals surface area contributed by atoms with Crippen LogP contribution < -0.4 is 4.72 Å². The Labute approximate surface area is 129 Å². The SMILES string of the molecule is CC(C)(C)OC(=O)N1CC2CC1C2NS(=O)(=O)c1ccco1. The van der Waals surface area contributed by atoms with E-state index in [1.165, 1.54) is 18.4 Å². The molecule has 1 saturated carbocycles. The van der Waals surface area contributed by atoms with Crippen molar-refractivity contribution in [3.05, 3.63) is 18.4 Å². The second-order valence-electron chi connectivity index (χ2n) is 6.77. The van der Waals surface area contributed by atoms with Gasteiger partial charge in [-0.1, -0.05) is 0 Å². The van der Waals surface area contributed by atoms with Gasteiger partial charge in [-0.2, -0.15) is 0 Å². The number of nitrogens with one attached hydrogen (secondary N) is 1. The van der Waals surface area contributed by atoms with E-state index in [0.717, 1.165) is 6.42 Å². The molecule has 3 fully saturated rings. The van der Waals surface area contributed by atoms with E-state index < -0.39 is 15.6 Å². The standard InChI is InChI=1S/C14H20N2O5S/c1-14(2,3)21-13(17)16-8-9-7-10(16)12(9)15-22(18,19)11-5-4-6-20-11/h4-6,9-10,12,15H,7-8H2,1-3H3. The highest BCUT2D eigenvalue weighted by Crippen LogP contribution is 2.42. The van der Waals surface area contributed by atoms with Crippen LogP contribution in [0.5, 0.6) is 0 Å². The molecule has 3 unspecified atom stereocenters. The molecule has 22 heavy (non-hydrogen) atoms. The largest absolute Gasteiger partial charge is 0.452 e. The van der Waals surface area contributed by atoms with Crippen LogP contribution in [0.3, 0.4) is 0 Å². The van der Waals surface area contributed by atoms with E-state index in [2.05, 4.69) is 4.72 Å². The van der Waals surface area contributed by atoms with Gasteiger partial charge in [0, 0.05) is 12.6 Å². The van der Waals surface area contributed by atoms with Crippen LogP contribution in [0.25, 0.3) is 0 Å². The normalized spacial score (nSPS) is 27.6.